The Kier molecular flexibility index (Phi) is 3.88. The van der Waals surface area contributed by atoms with Crippen molar-refractivity contribution in [3.05, 3.63) is 74.9 Å². The number of para-hydroxylation sites is 1. The summed E-state index contributed by atoms with van der Waals surface area (Å²) >= 11 is 0. The van der Waals surface area contributed by atoms with Crippen molar-refractivity contribution in [2.45, 2.75) is 13.8 Å². The lowest BCUT2D eigenvalue weighted by molar-refractivity contribution is -0.131. The fourth-order valence-electron chi connectivity index (χ4n) is 3.08. The molecule has 0 saturated heterocycles. The third-order valence-corrected chi connectivity index (χ3v) is 4.30. The van der Waals surface area contributed by atoms with Crippen molar-refractivity contribution in [3.63, 3.8) is 0 Å². The van der Waals surface area contributed by atoms with Crippen LogP contribution >= 0.6 is 0 Å². The van der Waals surface area contributed by atoms with Gasteiger partial charge >= 0.3 is 17.2 Å². The van der Waals surface area contributed by atoms with Crippen LogP contribution in [0.1, 0.15) is 12.5 Å². The number of benzene rings is 2. The number of carbonyl (C=O) groups is 1. The number of ether oxygens (including phenoxy) is 1. The van der Waals surface area contributed by atoms with Gasteiger partial charge in [-0.1, -0.05) is 18.2 Å². The zero-order valence-corrected chi connectivity index (χ0v) is 14.6. The molecular weight excluding hydrogens is 348 g/mol. The molecule has 2 aromatic carbocycles. The van der Waals surface area contributed by atoms with Gasteiger partial charge in [0, 0.05) is 34.9 Å². The number of esters is 1. The zero-order valence-electron chi connectivity index (χ0n) is 14.6. The monoisotopic (exact) mass is 362 g/mol. The first-order valence-electron chi connectivity index (χ1n) is 8.23. The minimum atomic E-state index is -0.617. The number of rotatable bonds is 2. The molecule has 0 unspecified atom stereocenters. The van der Waals surface area contributed by atoms with E-state index in [1.807, 2.05) is 12.1 Å². The van der Waals surface area contributed by atoms with Gasteiger partial charge in [-0.15, -0.1) is 0 Å². The van der Waals surface area contributed by atoms with Crippen LogP contribution in [0.25, 0.3) is 33.1 Å². The van der Waals surface area contributed by atoms with Crippen molar-refractivity contribution in [3.8, 4) is 16.9 Å². The lowest BCUT2D eigenvalue weighted by Crippen LogP contribution is -2.08. The van der Waals surface area contributed by atoms with Crippen LogP contribution < -0.4 is 16.0 Å². The van der Waals surface area contributed by atoms with Crippen LogP contribution in [0.3, 0.4) is 0 Å². The summed E-state index contributed by atoms with van der Waals surface area (Å²) in [4.78, 5) is 35.9. The number of aryl methyl sites for hydroxylation is 1. The first-order valence-corrected chi connectivity index (χ1v) is 8.23. The lowest BCUT2D eigenvalue weighted by Gasteiger charge is -2.10. The van der Waals surface area contributed by atoms with E-state index in [0.717, 1.165) is 5.39 Å². The van der Waals surface area contributed by atoms with Gasteiger partial charge in [0.1, 0.15) is 16.9 Å². The van der Waals surface area contributed by atoms with Crippen LogP contribution in [0.4, 0.5) is 0 Å². The lowest BCUT2D eigenvalue weighted by atomic mass is 10.0. The van der Waals surface area contributed by atoms with Crippen molar-refractivity contribution in [2.24, 2.45) is 0 Å². The van der Waals surface area contributed by atoms with Gasteiger partial charge in [-0.25, -0.2) is 9.59 Å². The molecule has 27 heavy (non-hydrogen) atoms. The summed E-state index contributed by atoms with van der Waals surface area (Å²) in [7, 11) is 0. The van der Waals surface area contributed by atoms with E-state index in [0.29, 0.717) is 27.8 Å². The van der Waals surface area contributed by atoms with Gasteiger partial charge in [-0.3, -0.25) is 4.79 Å². The molecule has 4 aromatic rings. The van der Waals surface area contributed by atoms with Crippen LogP contribution in [-0.4, -0.2) is 5.97 Å². The first-order chi connectivity index (χ1) is 12.9. The van der Waals surface area contributed by atoms with Gasteiger partial charge in [-0.05, 0) is 31.2 Å². The van der Waals surface area contributed by atoms with E-state index in [4.69, 9.17) is 13.6 Å². The maximum atomic E-state index is 12.5. The Bertz CT molecular complexity index is 1330. The standard InChI is InChI=1S/C21H14O6/c1-11-17(25-12(2)22)8-7-14-15(10-19(23)27-20(11)14)16-9-13-5-3-4-6-18(13)26-21(16)24/h3-10H,1-2H3. The molecule has 0 amide bonds. The SMILES string of the molecule is CC(=O)Oc1ccc2c(-c3cc4ccccc4oc3=O)cc(=O)oc2c1C. The van der Waals surface area contributed by atoms with Crippen LogP contribution in [-0.2, 0) is 4.79 Å². The topological polar surface area (TPSA) is 86.7 Å². The summed E-state index contributed by atoms with van der Waals surface area (Å²) in [5, 5.41) is 1.28. The second-order valence-electron chi connectivity index (χ2n) is 6.12. The maximum Gasteiger partial charge on any atom is 0.344 e. The molecule has 0 aliphatic rings. The molecule has 2 heterocycles. The van der Waals surface area contributed by atoms with Crippen molar-refractivity contribution < 1.29 is 18.4 Å². The molecule has 0 aliphatic heterocycles. The van der Waals surface area contributed by atoms with Crippen molar-refractivity contribution in [2.75, 3.05) is 0 Å². The predicted octanol–water partition coefficient (Wildman–Crippen LogP) is 3.80. The highest BCUT2D eigenvalue weighted by Gasteiger charge is 2.17. The Hall–Kier alpha value is -3.67. The number of carbonyl (C=O) groups excluding carboxylic acids is 1. The first kappa shape index (κ1) is 16.8. The van der Waals surface area contributed by atoms with E-state index >= 15 is 0 Å². The molecule has 0 N–H and O–H groups in total. The van der Waals surface area contributed by atoms with Crippen LogP contribution in [0.5, 0.6) is 5.75 Å². The highest BCUT2D eigenvalue weighted by molar-refractivity contribution is 5.97. The van der Waals surface area contributed by atoms with Crippen LogP contribution in [0.15, 0.2) is 67.0 Å². The summed E-state index contributed by atoms with van der Waals surface area (Å²) in [5.41, 5.74) is 0.697. The average Bonchev–Trinajstić information content (AvgIpc) is 2.63. The highest BCUT2D eigenvalue weighted by Crippen LogP contribution is 2.33. The van der Waals surface area contributed by atoms with E-state index in [1.54, 1.807) is 37.3 Å². The highest BCUT2D eigenvalue weighted by atomic mass is 16.5. The third kappa shape index (κ3) is 2.91. The van der Waals surface area contributed by atoms with E-state index in [9.17, 15) is 14.4 Å². The van der Waals surface area contributed by atoms with E-state index in [1.165, 1.54) is 13.0 Å². The predicted molar refractivity (Wildman–Crippen MR) is 100 cm³/mol. The molecule has 0 fully saturated rings. The largest absolute Gasteiger partial charge is 0.426 e. The minimum absolute atomic E-state index is 0.254. The molecule has 134 valence electrons. The second-order valence-corrected chi connectivity index (χ2v) is 6.12. The number of hydrogen-bond donors (Lipinski definition) is 0. The van der Waals surface area contributed by atoms with E-state index < -0.39 is 17.2 Å². The molecule has 6 heteroatoms. The molecular formula is C21H14O6. The quantitative estimate of drug-likeness (QED) is 0.306. The fraction of sp³-hybridized carbons (Fsp3) is 0.0952. The third-order valence-electron chi connectivity index (χ3n) is 4.30. The Morgan fingerprint density at radius 3 is 2.52 bits per heavy atom. The Balaban J connectivity index is 2.04. The molecule has 0 saturated carbocycles. The van der Waals surface area contributed by atoms with Gasteiger partial charge in [0.05, 0.1) is 5.56 Å². The average molecular weight is 362 g/mol. The Labute approximate surface area is 152 Å². The van der Waals surface area contributed by atoms with Crippen LogP contribution in [0, 0.1) is 6.92 Å². The molecule has 0 radical (unpaired) electrons. The molecule has 0 bridgehead atoms. The number of fused-ring (bicyclic) bond motifs is 2. The zero-order chi connectivity index (χ0) is 19.1. The van der Waals surface area contributed by atoms with Gasteiger partial charge in [0.2, 0.25) is 0 Å². The Morgan fingerprint density at radius 2 is 1.74 bits per heavy atom. The summed E-state index contributed by atoms with van der Waals surface area (Å²) < 4.78 is 15.8. The molecule has 0 spiro atoms. The van der Waals surface area contributed by atoms with Crippen molar-refractivity contribution >= 4 is 27.9 Å². The van der Waals surface area contributed by atoms with Crippen molar-refractivity contribution in [1.82, 2.24) is 0 Å². The molecule has 0 aliphatic carbocycles. The smallest absolute Gasteiger partial charge is 0.344 e. The molecule has 4 rings (SSSR count). The van der Waals surface area contributed by atoms with Gasteiger partial charge in [0.15, 0.2) is 0 Å². The molecule has 6 nitrogen and oxygen atoms in total. The van der Waals surface area contributed by atoms with Gasteiger partial charge in [-0.2, -0.15) is 0 Å². The van der Waals surface area contributed by atoms with E-state index in [2.05, 4.69) is 0 Å². The summed E-state index contributed by atoms with van der Waals surface area (Å²) in [5.74, 6) is -0.188. The van der Waals surface area contributed by atoms with Gasteiger partial charge < -0.3 is 13.6 Å². The van der Waals surface area contributed by atoms with Crippen LogP contribution in [0.2, 0.25) is 0 Å². The minimum Gasteiger partial charge on any atom is -0.426 e. The maximum absolute atomic E-state index is 12.5. The summed E-state index contributed by atoms with van der Waals surface area (Å²) in [6, 6.07) is 13.3. The number of hydrogen-bond acceptors (Lipinski definition) is 6. The molecule has 0 atom stereocenters. The second kappa shape index (κ2) is 6.25. The normalized spacial score (nSPS) is 11.0. The fourth-order valence-corrected chi connectivity index (χ4v) is 3.08. The summed E-state index contributed by atoms with van der Waals surface area (Å²) in [6.07, 6.45) is 0. The van der Waals surface area contributed by atoms with Crippen molar-refractivity contribution in [1.29, 1.82) is 0 Å². The van der Waals surface area contributed by atoms with E-state index in [-0.39, 0.29) is 11.1 Å². The van der Waals surface area contributed by atoms with Gasteiger partial charge in [0.25, 0.3) is 0 Å². The summed E-state index contributed by atoms with van der Waals surface area (Å²) in [6.45, 7) is 2.97. The Morgan fingerprint density at radius 1 is 0.963 bits per heavy atom. The molecule has 2 aromatic heterocycles.